The molecule has 4 heterocycles. The van der Waals surface area contributed by atoms with Crippen LogP contribution >= 0.6 is 0 Å². The normalized spacial score (nSPS) is 18.5. The second-order valence-corrected chi connectivity index (χ2v) is 6.00. The Bertz CT molecular complexity index is 844. The predicted octanol–water partition coefficient (Wildman–Crippen LogP) is 1.99. The maximum absolute atomic E-state index is 9.88. The van der Waals surface area contributed by atoms with Gasteiger partial charge in [-0.3, -0.25) is 0 Å². The smallest absolute Gasteiger partial charge is 0.162 e. The summed E-state index contributed by atoms with van der Waals surface area (Å²) in [6, 6.07) is 5.90. The third-order valence-electron chi connectivity index (χ3n) is 4.37. The van der Waals surface area contributed by atoms with Crippen LogP contribution in [-0.4, -0.2) is 43.8 Å². The van der Waals surface area contributed by atoms with Crippen LogP contribution in [0.1, 0.15) is 12.8 Å². The molecule has 1 atom stereocenters. The minimum atomic E-state index is -0.274. The molecule has 0 aromatic carbocycles. The monoisotopic (exact) mass is 309 g/mol. The Labute approximate surface area is 134 Å². The van der Waals surface area contributed by atoms with E-state index in [1.165, 1.54) is 0 Å². The van der Waals surface area contributed by atoms with Gasteiger partial charge >= 0.3 is 0 Å². The number of aliphatic hydroxyl groups is 1. The van der Waals surface area contributed by atoms with Crippen LogP contribution in [0.2, 0.25) is 0 Å². The Hall–Kier alpha value is -2.47. The number of aliphatic hydroxyl groups excluding tert-OH is 1. The summed E-state index contributed by atoms with van der Waals surface area (Å²) >= 11 is 0. The average molecular weight is 309 g/mol. The van der Waals surface area contributed by atoms with Gasteiger partial charge in [-0.2, -0.15) is 0 Å². The van der Waals surface area contributed by atoms with E-state index in [1.807, 2.05) is 36.0 Å². The van der Waals surface area contributed by atoms with E-state index in [-0.39, 0.29) is 6.10 Å². The maximum atomic E-state index is 9.88. The minimum Gasteiger partial charge on any atom is -0.391 e. The molecule has 3 aromatic rings. The van der Waals surface area contributed by atoms with Crippen LogP contribution in [0.15, 0.2) is 36.8 Å². The summed E-state index contributed by atoms with van der Waals surface area (Å²) in [5, 5.41) is 10.9. The first-order chi connectivity index (χ1) is 11.2. The van der Waals surface area contributed by atoms with Crippen molar-refractivity contribution in [3.63, 3.8) is 0 Å². The predicted molar refractivity (Wildman–Crippen MR) is 89.2 cm³/mol. The molecule has 0 radical (unpaired) electrons. The van der Waals surface area contributed by atoms with Crippen molar-refractivity contribution in [1.82, 2.24) is 19.5 Å². The lowest BCUT2D eigenvalue weighted by atomic mass is 10.1. The molecular weight excluding hydrogens is 290 g/mol. The van der Waals surface area contributed by atoms with E-state index >= 15 is 0 Å². The lowest BCUT2D eigenvalue weighted by Gasteiger charge is -2.31. The molecule has 1 saturated heterocycles. The van der Waals surface area contributed by atoms with E-state index in [1.54, 1.807) is 12.4 Å². The largest absolute Gasteiger partial charge is 0.391 e. The number of aromatic nitrogens is 4. The van der Waals surface area contributed by atoms with Gasteiger partial charge in [-0.1, -0.05) is 0 Å². The fourth-order valence-electron chi connectivity index (χ4n) is 3.18. The highest BCUT2D eigenvalue weighted by Crippen LogP contribution is 2.27. The van der Waals surface area contributed by atoms with Crippen LogP contribution in [0.4, 0.5) is 5.82 Å². The zero-order valence-electron chi connectivity index (χ0n) is 13.1. The van der Waals surface area contributed by atoms with E-state index in [9.17, 15) is 5.11 Å². The highest BCUT2D eigenvalue weighted by Gasteiger charge is 2.19. The van der Waals surface area contributed by atoms with Gasteiger partial charge in [0.2, 0.25) is 0 Å². The highest BCUT2D eigenvalue weighted by atomic mass is 16.3. The summed E-state index contributed by atoms with van der Waals surface area (Å²) < 4.78 is 1.99. The molecule has 0 aliphatic carbocycles. The number of piperidine rings is 1. The van der Waals surface area contributed by atoms with Crippen molar-refractivity contribution in [2.45, 2.75) is 18.9 Å². The maximum Gasteiger partial charge on any atom is 0.162 e. The molecule has 1 fully saturated rings. The Morgan fingerprint density at radius 1 is 1.17 bits per heavy atom. The lowest BCUT2D eigenvalue weighted by molar-refractivity contribution is 0.154. The molecule has 6 heteroatoms. The van der Waals surface area contributed by atoms with Crippen molar-refractivity contribution in [1.29, 1.82) is 0 Å². The van der Waals surface area contributed by atoms with Gasteiger partial charge in [0.15, 0.2) is 5.82 Å². The molecule has 6 nitrogen and oxygen atoms in total. The van der Waals surface area contributed by atoms with Crippen LogP contribution in [0.3, 0.4) is 0 Å². The minimum absolute atomic E-state index is 0.274. The number of rotatable bonds is 2. The molecule has 1 N–H and O–H groups in total. The molecule has 1 aliphatic heterocycles. The molecule has 23 heavy (non-hydrogen) atoms. The lowest BCUT2D eigenvalue weighted by Crippen LogP contribution is -2.38. The van der Waals surface area contributed by atoms with Crippen LogP contribution in [0.25, 0.3) is 22.4 Å². The zero-order valence-corrected chi connectivity index (χ0v) is 13.1. The van der Waals surface area contributed by atoms with Gasteiger partial charge in [0, 0.05) is 49.7 Å². The van der Waals surface area contributed by atoms with Crippen molar-refractivity contribution < 1.29 is 5.11 Å². The molecule has 0 spiro atoms. The molecular formula is C17H19N5O. The number of anilines is 1. The highest BCUT2D eigenvalue weighted by molar-refractivity contribution is 5.91. The van der Waals surface area contributed by atoms with Gasteiger partial charge in [0.05, 0.1) is 6.10 Å². The first-order valence-corrected chi connectivity index (χ1v) is 7.89. The molecule has 0 bridgehead atoms. The van der Waals surface area contributed by atoms with E-state index in [4.69, 9.17) is 4.98 Å². The summed E-state index contributed by atoms with van der Waals surface area (Å²) in [7, 11) is 1.98. The second-order valence-electron chi connectivity index (χ2n) is 6.00. The van der Waals surface area contributed by atoms with Crippen LogP contribution in [-0.2, 0) is 7.05 Å². The van der Waals surface area contributed by atoms with Crippen LogP contribution < -0.4 is 4.90 Å². The van der Waals surface area contributed by atoms with E-state index < -0.39 is 0 Å². The number of β-amino-alcohol motifs (C(OH)–C–C–N with tert-alkyl or cyclic N) is 1. The van der Waals surface area contributed by atoms with Crippen molar-refractivity contribution >= 4 is 16.9 Å². The first-order valence-electron chi connectivity index (χ1n) is 7.89. The Morgan fingerprint density at radius 3 is 2.91 bits per heavy atom. The van der Waals surface area contributed by atoms with Crippen molar-refractivity contribution in [3.05, 3.63) is 36.8 Å². The molecule has 1 aliphatic rings. The molecule has 118 valence electrons. The van der Waals surface area contributed by atoms with Gasteiger partial charge < -0.3 is 14.6 Å². The van der Waals surface area contributed by atoms with Gasteiger partial charge in [0.25, 0.3) is 0 Å². The summed E-state index contributed by atoms with van der Waals surface area (Å²) in [4.78, 5) is 15.7. The number of hydrogen-bond acceptors (Lipinski definition) is 5. The zero-order chi connectivity index (χ0) is 15.8. The second kappa shape index (κ2) is 5.62. The quantitative estimate of drug-likeness (QED) is 0.784. The Kier molecular flexibility index (Phi) is 3.46. The number of fused-ring (bicyclic) bond motifs is 1. The molecule has 0 amide bonds. The standard InChI is InChI=1S/C17H19N5O/c1-21-10-6-14-13(4-7-19-17(14)21)16-18-8-5-15(20-16)22-9-2-3-12(23)11-22/h4-8,10,12,23H,2-3,9,11H2,1H3/t12-/m1/s1. The number of pyridine rings is 1. The fourth-order valence-corrected chi connectivity index (χ4v) is 3.18. The fraction of sp³-hybridized carbons (Fsp3) is 0.353. The third-order valence-corrected chi connectivity index (χ3v) is 4.37. The molecule has 4 rings (SSSR count). The third kappa shape index (κ3) is 2.55. The molecule has 0 unspecified atom stereocenters. The van der Waals surface area contributed by atoms with Crippen LogP contribution in [0, 0.1) is 0 Å². The SMILES string of the molecule is Cn1ccc2c(-c3nccc(N4CCC[C@@H](O)C4)n3)ccnc21. The summed E-state index contributed by atoms with van der Waals surface area (Å²) in [5.41, 5.74) is 1.90. The summed E-state index contributed by atoms with van der Waals surface area (Å²) in [6.45, 7) is 1.55. The van der Waals surface area contributed by atoms with Crippen molar-refractivity contribution in [2.75, 3.05) is 18.0 Å². The topological polar surface area (TPSA) is 67.1 Å². The average Bonchev–Trinajstić information content (AvgIpc) is 2.96. The Morgan fingerprint density at radius 2 is 2.04 bits per heavy atom. The van der Waals surface area contributed by atoms with Gasteiger partial charge in [-0.25, -0.2) is 15.0 Å². The van der Waals surface area contributed by atoms with E-state index in [0.717, 1.165) is 41.8 Å². The summed E-state index contributed by atoms with van der Waals surface area (Å²) in [6.07, 6.45) is 7.14. The molecule has 3 aromatic heterocycles. The number of nitrogens with zero attached hydrogens (tertiary/aromatic N) is 5. The number of aryl methyl sites for hydroxylation is 1. The Balaban J connectivity index is 1.75. The van der Waals surface area contributed by atoms with E-state index in [0.29, 0.717) is 12.4 Å². The van der Waals surface area contributed by atoms with Gasteiger partial charge in [0.1, 0.15) is 11.5 Å². The number of hydrogen-bond donors (Lipinski definition) is 1. The van der Waals surface area contributed by atoms with Gasteiger partial charge in [-0.15, -0.1) is 0 Å². The van der Waals surface area contributed by atoms with Gasteiger partial charge in [-0.05, 0) is 31.0 Å². The summed E-state index contributed by atoms with van der Waals surface area (Å²) in [5.74, 6) is 1.57. The van der Waals surface area contributed by atoms with Crippen molar-refractivity contribution in [3.8, 4) is 11.4 Å². The molecule has 0 saturated carbocycles. The van der Waals surface area contributed by atoms with Crippen molar-refractivity contribution in [2.24, 2.45) is 7.05 Å². The van der Waals surface area contributed by atoms with Crippen LogP contribution in [0.5, 0.6) is 0 Å². The van der Waals surface area contributed by atoms with E-state index in [2.05, 4.69) is 14.9 Å². The first kappa shape index (κ1) is 14.1.